The van der Waals surface area contributed by atoms with Gasteiger partial charge in [-0.25, -0.2) is 0 Å². The number of hydrogen-bond acceptors (Lipinski definition) is 3. The second-order valence-electron chi connectivity index (χ2n) is 5.48. The quantitative estimate of drug-likeness (QED) is 0.337. The second kappa shape index (κ2) is 4.75. The van der Waals surface area contributed by atoms with Gasteiger partial charge in [-0.2, -0.15) is 0 Å². The molecule has 0 saturated carbocycles. The molecule has 1 aliphatic heterocycles. The molecule has 0 N–H and O–H groups in total. The van der Waals surface area contributed by atoms with Crippen molar-refractivity contribution in [3.63, 3.8) is 0 Å². The Balaban J connectivity index is 2.16. The largest absolute Gasteiger partial charge is 0.276 e. The molecule has 106 valence electrons. The minimum Gasteiger partial charge on any atom is -0.276 e. The minimum absolute atomic E-state index is 0.183. The number of carbonyl (C=O) groups excluding carboxylic acids is 2. The Bertz CT molecular complexity index is 705. The van der Waals surface area contributed by atoms with Crippen molar-refractivity contribution in [3.05, 3.63) is 57.7 Å². The first kappa shape index (κ1) is 13.4. The molecule has 21 heavy (non-hydrogen) atoms. The number of piperidine rings is 1. The summed E-state index contributed by atoms with van der Waals surface area (Å²) in [5.74, 6) is -1.20. The van der Waals surface area contributed by atoms with Gasteiger partial charge in [0.25, 0.3) is 5.91 Å². The normalized spacial score (nSPS) is 26.8. The van der Waals surface area contributed by atoms with Gasteiger partial charge in [0.1, 0.15) is 0 Å². The van der Waals surface area contributed by atoms with E-state index >= 15 is 0 Å². The molecule has 6 heteroatoms. The first-order valence-corrected chi connectivity index (χ1v) is 6.79. The van der Waals surface area contributed by atoms with Crippen LogP contribution in [0.2, 0.25) is 0 Å². The van der Waals surface area contributed by atoms with Crippen LogP contribution in [-0.4, -0.2) is 22.8 Å². The van der Waals surface area contributed by atoms with E-state index in [2.05, 4.69) is 10.0 Å². The number of carbonyl (C=O) groups is 2. The number of nitrogens with zero attached hydrogens (tertiary/aromatic N) is 4. The molecule has 3 aliphatic rings. The summed E-state index contributed by atoms with van der Waals surface area (Å²) in [6.45, 7) is 3.65. The topological polar surface area (TPSA) is 86.1 Å². The summed E-state index contributed by atoms with van der Waals surface area (Å²) >= 11 is 0. The lowest BCUT2D eigenvalue weighted by Gasteiger charge is -2.42. The first-order chi connectivity index (χ1) is 10.1. The SMILES string of the molecule is CC(C)N1C(=O)C2=CC=C(N=[N+]=[N-])C3=CC=CC(C1=O)C23. The van der Waals surface area contributed by atoms with Crippen LogP contribution in [0.25, 0.3) is 10.4 Å². The van der Waals surface area contributed by atoms with Crippen molar-refractivity contribution in [2.45, 2.75) is 19.9 Å². The van der Waals surface area contributed by atoms with Crippen molar-refractivity contribution in [2.75, 3.05) is 0 Å². The van der Waals surface area contributed by atoms with Crippen LogP contribution in [0, 0.1) is 11.8 Å². The average molecular weight is 282 g/mol. The molecule has 0 aromatic heterocycles. The summed E-state index contributed by atoms with van der Waals surface area (Å²) in [5.41, 5.74) is 10.4. The van der Waals surface area contributed by atoms with E-state index in [1.54, 1.807) is 24.3 Å². The Morgan fingerprint density at radius 3 is 2.67 bits per heavy atom. The molecule has 0 bridgehead atoms. The van der Waals surface area contributed by atoms with E-state index in [4.69, 9.17) is 5.53 Å². The lowest BCUT2D eigenvalue weighted by Crippen LogP contribution is -2.54. The standard InChI is InChI=1S/C15H14N4O2/c1-8(2)19-14(20)10-5-3-4-9-12(17-18-16)7-6-11(13(9)10)15(19)21/h3-8,10,13H,1-2H3. The number of likely N-dealkylation sites (tertiary alicyclic amines) is 1. The summed E-state index contributed by atoms with van der Waals surface area (Å²) in [6, 6.07) is -0.183. The van der Waals surface area contributed by atoms with Crippen LogP contribution in [0.15, 0.2) is 52.3 Å². The van der Waals surface area contributed by atoms with Crippen LogP contribution >= 0.6 is 0 Å². The van der Waals surface area contributed by atoms with E-state index in [1.807, 2.05) is 19.9 Å². The van der Waals surface area contributed by atoms with Gasteiger partial charge in [0.15, 0.2) is 0 Å². The summed E-state index contributed by atoms with van der Waals surface area (Å²) in [5, 5.41) is 3.66. The lowest BCUT2D eigenvalue weighted by atomic mass is 9.70. The fraction of sp³-hybridized carbons (Fsp3) is 0.333. The highest BCUT2D eigenvalue weighted by atomic mass is 16.2. The van der Waals surface area contributed by atoms with Gasteiger partial charge < -0.3 is 0 Å². The van der Waals surface area contributed by atoms with Crippen LogP contribution in [0.4, 0.5) is 0 Å². The molecule has 0 aromatic carbocycles. The monoisotopic (exact) mass is 282 g/mol. The number of hydrogen-bond donors (Lipinski definition) is 0. The fourth-order valence-corrected chi connectivity index (χ4v) is 3.12. The number of amides is 2. The van der Waals surface area contributed by atoms with Gasteiger partial charge in [0.05, 0.1) is 5.92 Å². The first-order valence-electron chi connectivity index (χ1n) is 6.79. The molecule has 1 saturated heterocycles. The number of azide groups is 1. The molecular formula is C15H14N4O2. The number of allylic oxidation sites excluding steroid dienone is 5. The van der Waals surface area contributed by atoms with Crippen molar-refractivity contribution in [2.24, 2.45) is 17.0 Å². The predicted octanol–water partition coefficient (Wildman–Crippen LogP) is 2.63. The molecule has 1 heterocycles. The van der Waals surface area contributed by atoms with Crippen molar-refractivity contribution < 1.29 is 9.59 Å². The zero-order valence-electron chi connectivity index (χ0n) is 11.7. The predicted molar refractivity (Wildman–Crippen MR) is 76.5 cm³/mol. The van der Waals surface area contributed by atoms with Crippen LogP contribution in [0.1, 0.15) is 13.8 Å². The third-order valence-electron chi connectivity index (χ3n) is 4.00. The molecule has 2 unspecified atom stereocenters. The van der Waals surface area contributed by atoms with Crippen molar-refractivity contribution in [1.82, 2.24) is 4.90 Å². The van der Waals surface area contributed by atoms with E-state index in [0.717, 1.165) is 5.57 Å². The van der Waals surface area contributed by atoms with Crippen molar-refractivity contribution in [1.29, 1.82) is 0 Å². The highest BCUT2D eigenvalue weighted by molar-refractivity contribution is 6.10. The van der Waals surface area contributed by atoms with Crippen LogP contribution in [0.5, 0.6) is 0 Å². The fourth-order valence-electron chi connectivity index (χ4n) is 3.12. The average Bonchev–Trinajstić information content (AvgIpc) is 2.45. The highest BCUT2D eigenvalue weighted by Crippen LogP contribution is 2.44. The maximum Gasteiger partial charge on any atom is 0.257 e. The van der Waals surface area contributed by atoms with Gasteiger partial charge in [-0.1, -0.05) is 35.5 Å². The van der Waals surface area contributed by atoms with Crippen LogP contribution in [0.3, 0.4) is 0 Å². The molecule has 0 radical (unpaired) electrons. The second-order valence-corrected chi connectivity index (χ2v) is 5.48. The Hall–Kier alpha value is -2.59. The van der Waals surface area contributed by atoms with Crippen LogP contribution in [-0.2, 0) is 9.59 Å². The van der Waals surface area contributed by atoms with Crippen molar-refractivity contribution >= 4 is 11.8 Å². The van der Waals surface area contributed by atoms with Gasteiger partial charge in [-0.15, -0.1) is 0 Å². The summed E-state index contributed by atoms with van der Waals surface area (Å²) < 4.78 is 0. The Labute approximate surface area is 121 Å². The molecule has 1 fully saturated rings. The molecule has 6 nitrogen and oxygen atoms in total. The molecule has 3 rings (SSSR count). The molecule has 0 aromatic rings. The Morgan fingerprint density at radius 2 is 2.00 bits per heavy atom. The van der Waals surface area contributed by atoms with Gasteiger partial charge >= 0.3 is 0 Å². The van der Waals surface area contributed by atoms with Crippen LogP contribution < -0.4 is 0 Å². The molecule has 2 atom stereocenters. The van der Waals surface area contributed by atoms with E-state index in [9.17, 15) is 9.59 Å². The number of rotatable bonds is 2. The summed E-state index contributed by atoms with van der Waals surface area (Å²) in [6.07, 6.45) is 8.71. The summed E-state index contributed by atoms with van der Waals surface area (Å²) in [4.78, 5) is 29.3. The van der Waals surface area contributed by atoms with E-state index in [1.165, 1.54) is 4.90 Å². The Kier molecular flexibility index (Phi) is 3.03. The van der Waals surface area contributed by atoms with Gasteiger partial charge in [0, 0.05) is 28.1 Å². The minimum atomic E-state index is -0.408. The smallest absolute Gasteiger partial charge is 0.257 e. The zero-order chi connectivity index (χ0) is 15.1. The highest BCUT2D eigenvalue weighted by Gasteiger charge is 2.47. The third-order valence-corrected chi connectivity index (χ3v) is 4.00. The number of imide groups is 1. The van der Waals surface area contributed by atoms with E-state index < -0.39 is 5.92 Å². The molecular weight excluding hydrogens is 268 g/mol. The zero-order valence-corrected chi connectivity index (χ0v) is 11.7. The molecule has 2 amide bonds. The van der Waals surface area contributed by atoms with Gasteiger partial charge in [-0.3, -0.25) is 14.5 Å². The lowest BCUT2D eigenvalue weighted by molar-refractivity contribution is -0.150. The third kappa shape index (κ3) is 1.84. The van der Waals surface area contributed by atoms with Gasteiger partial charge in [0.2, 0.25) is 5.91 Å². The molecule has 0 spiro atoms. The van der Waals surface area contributed by atoms with E-state index in [-0.39, 0.29) is 23.8 Å². The molecule has 2 aliphatic carbocycles. The van der Waals surface area contributed by atoms with Crippen molar-refractivity contribution in [3.8, 4) is 0 Å². The maximum absolute atomic E-state index is 12.6. The summed E-state index contributed by atoms with van der Waals surface area (Å²) in [7, 11) is 0. The Morgan fingerprint density at radius 1 is 1.24 bits per heavy atom. The maximum atomic E-state index is 12.6. The van der Waals surface area contributed by atoms with Gasteiger partial charge in [-0.05, 0) is 25.0 Å². The van der Waals surface area contributed by atoms with E-state index in [0.29, 0.717) is 11.3 Å².